The minimum absolute atomic E-state index is 0.0281. The Hall–Kier alpha value is -2.20. The van der Waals surface area contributed by atoms with Crippen LogP contribution in [0.5, 0.6) is 0 Å². The number of nitrogens with two attached hydrogens (primary N) is 1. The van der Waals surface area contributed by atoms with Crippen LogP contribution in [0.4, 0.5) is 4.39 Å². The second-order valence-electron chi connectivity index (χ2n) is 5.22. The summed E-state index contributed by atoms with van der Waals surface area (Å²) in [6.07, 6.45) is 3.18. The first-order chi connectivity index (χ1) is 10.2. The number of hydrogen-bond acceptors (Lipinski definition) is 2. The summed E-state index contributed by atoms with van der Waals surface area (Å²) in [5.41, 5.74) is 9.25. The fourth-order valence-corrected chi connectivity index (χ4v) is 2.56. The molecule has 3 rings (SSSR count). The van der Waals surface area contributed by atoms with Gasteiger partial charge in [-0.2, -0.15) is 0 Å². The van der Waals surface area contributed by atoms with Gasteiger partial charge in [-0.25, -0.2) is 9.37 Å². The fourth-order valence-electron chi connectivity index (χ4n) is 2.56. The molecular weight excluding hydrogens is 265 g/mol. The minimum atomic E-state index is -0.251. The van der Waals surface area contributed by atoms with Gasteiger partial charge in [0, 0.05) is 6.04 Å². The fraction of sp³-hybridized carbons (Fsp3) is 0.235. The first-order valence-electron chi connectivity index (χ1n) is 7.16. The molecule has 0 saturated heterocycles. The van der Waals surface area contributed by atoms with Crippen molar-refractivity contribution in [3.05, 3.63) is 60.2 Å². The summed E-state index contributed by atoms with van der Waals surface area (Å²) in [4.78, 5) is 4.34. The van der Waals surface area contributed by atoms with Crippen molar-refractivity contribution in [2.24, 2.45) is 5.73 Å². The molecule has 3 nitrogen and oxygen atoms in total. The lowest BCUT2D eigenvalue weighted by atomic mass is 10.0. The van der Waals surface area contributed by atoms with Crippen molar-refractivity contribution in [1.29, 1.82) is 0 Å². The van der Waals surface area contributed by atoms with Crippen molar-refractivity contribution >= 4 is 11.0 Å². The van der Waals surface area contributed by atoms with Crippen LogP contribution in [-0.4, -0.2) is 15.6 Å². The minimum Gasteiger partial charge on any atom is -0.327 e. The molecule has 0 aliphatic rings. The van der Waals surface area contributed by atoms with Gasteiger partial charge in [0.1, 0.15) is 12.1 Å². The molecule has 0 amide bonds. The molecule has 0 aliphatic heterocycles. The topological polar surface area (TPSA) is 43.8 Å². The monoisotopic (exact) mass is 283 g/mol. The van der Waals surface area contributed by atoms with Crippen LogP contribution in [0.3, 0.4) is 0 Å². The van der Waals surface area contributed by atoms with E-state index >= 15 is 0 Å². The smallest absolute Gasteiger partial charge is 0.147 e. The second-order valence-corrected chi connectivity index (χ2v) is 5.22. The maximum Gasteiger partial charge on any atom is 0.147 e. The van der Waals surface area contributed by atoms with E-state index in [-0.39, 0.29) is 11.9 Å². The van der Waals surface area contributed by atoms with E-state index in [0.717, 1.165) is 23.0 Å². The molecule has 2 N–H and O–H groups in total. The van der Waals surface area contributed by atoms with Crippen LogP contribution in [0.25, 0.3) is 16.7 Å². The third-order valence-electron chi connectivity index (χ3n) is 3.77. The molecule has 1 atom stereocenters. The molecule has 1 aromatic heterocycles. The van der Waals surface area contributed by atoms with E-state index in [4.69, 9.17) is 5.73 Å². The van der Waals surface area contributed by atoms with Crippen molar-refractivity contribution < 1.29 is 4.39 Å². The zero-order valence-corrected chi connectivity index (χ0v) is 12.0. The number of hydrogen-bond donors (Lipinski definition) is 1. The molecule has 21 heavy (non-hydrogen) atoms. The summed E-state index contributed by atoms with van der Waals surface area (Å²) in [6.45, 7) is 2.04. The lowest BCUT2D eigenvalue weighted by molar-refractivity contribution is 0.605. The quantitative estimate of drug-likeness (QED) is 0.797. The average Bonchev–Trinajstić information content (AvgIpc) is 2.91. The van der Waals surface area contributed by atoms with Gasteiger partial charge in [0.25, 0.3) is 0 Å². The third kappa shape index (κ3) is 2.54. The molecule has 4 heteroatoms. The highest BCUT2D eigenvalue weighted by Crippen LogP contribution is 2.24. The molecule has 108 valence electrons. The summed E-state index contributed by atoms with van der Waals surface area (Å²) >= 11 is 0. The zero-order chi connectivity index (χ0) is 14.8. The lowest BCUT2D eigenvalue weighted by Crippen LogP contribution is -2.22. The standard InChI is InChI=1S/C17H18FN3/c1-2-13(19)10-12-6-5-7-14(18)17(12)21-11-20-15-8-3-4-9-16(15)21/h3-9,11,13H,2,10,19H2,1H3. The third-order valence-corrected chi connectivity index (χ3v) is 3.77. The molecule has 1 unspecified atom stereocenters. The molecule has 0 aliphatic carbocycles. The molecule has 0 spiro atoms. The van der Waals surface area contributed by atoms with Gasteiger partial charge in [-0.1, -0.05) is 31.2 Å². The van der Waals surface area contributed by atoms with Gasteiger partial charge in [0.15, 0.2) is 0 Å². The Morgan fingerprint density at radius 3 is 2.81 bits per heavy atom. The van der Waals surface area contributed by atoms with Crippen LogP contribution < -0.4 is 5.73 Å². The maximum absolute atomic E-state index is 14.4. The van der Waals surface area contributed by atoms with Crippen LogP contribution in [0.1, 0.15) is 18.9 Å². The summed E-state index contributed by atoms with van der Waals surface area (Å²) in [5.74, 6) is -0.251. The largest absolute Gasteiger partial charge is 0.327 e. The molecule has 0 radical (unpaired) electrons. The second kappa shape index (κ2) is 5.66. The van der Waals surface area contributed by atoms with Crippen molar-refractivity contribution in [1.82, 2.24) is 9.55 Å². The van der Waals surface area contributed by atoms with Crippen LogP contribution in [0, 0.1) is 5.82 Å². The molecule has 3 aromatic rings. The maximum atomic E-state index is 14.4. The molecule has 0 bridgehead atoms. The van der Waals surface area contributed by atoms with E-state index in [9.17, 15) is 4.39 Å². The summed E-state index contributed by atoms with van der Waals surface area (Å²) < 4.78 is 16.2. The first-order valence-corrected chi connectivity index (χ1v) is 7.16. The van der Waals surface area contributed by atoms with E-state index in [1.807, 2.05) is 41.8 Å². The zero-order valence-electron chi connectivity index (χ0n) is 12.0. The summed E-state index contributed by atoms with van der Waals surface area (Å²) in [5, 5.41) is 0. The van der Waals surface area contributed by atoms with Crippen molar-refractivity contribution in [2.75, 3.05) is 0 Å². The first kappa shape index (κ1) is 13.8. The van der Waals surface area contributed by atoms with Crippen LogP contribution in [-0.2, 0) is 6.42 Å². The molecule has 0 saturated carbocycles. The number of para-hydroxylation sites is 3. The Balaban J connectivity index is 2.17. The molecule has 1 heterocycles. The van der Waals surface area contributed by atoms with Crippen LogP contribution in [0.15, 0.2) is 48.8 Å². The Morgan fingerprint density at radius 1 is 1.19 bits per heavy atom. The highest BCUT2D eigenvalue weighted by atomic mass is 19.1. The number of aromatic nitrogens is 2. The number of rotatable bonds is 4. The number of nitrogens with zero attached hydrogens (tertiary/aromatic N) is 2. The Labute approximate surface area is 123 Å². The average molecular weight is 283 g/mol. The number of imidazole rings is 1. The summed E-state index contributed by atoms with van der Waals surface area (Å²) in [6, 6.07) is 12.9. The molecule has 0 fully saturated rings. The molecule has 2 aromatic carbocycles. The number of benzene rings is 2. The SMILES string of the molecule is CCC(N)Cc1cccc(F)c1-n1cnc2ccccc21. The Bertz CT molecular complexity index is 764. The summed E-state index contributed by atoms with van der Waals surface area (Å²) in [7, 11) is 0. The van der Waals surface area contributed by atoms with E-state index in [1.54, 1.807) is 12.4 Å². The van der Waals surface area contributed by atoms with Gasteiger partial charge in [-0.3, -0.25) is 4.57 Å². The van der Waals surface area contributed by atoms with Crippen molar-refractivity contribution in [2.45, 2.75) is 25.8 Å². The highest BCUT2D eigenvalue weighted by molar-refractivity contribution is 5.77. The van der Waals surface area contributed by atoms with Gasteiger partial charge < -0.3 is 5.73 Å². The van der Waals surface area contributed by atoms with Crippen LogP contribution in [0.2, 0.25) is 0 Å². The predicted molar refractivity (Wildman–Crippen MR) is 83.0 cm³/mol. The van der Waals surface area contributed by atoms with Gasteiger partial charge in [0.05, 0.1) is 16.7 Å². The molecular formula is C17H18FN3. The van der Waals surface area contributed by atoms with E-state index < -0.39 is 0 Å². The van der Waals surface area contributed by atoms with Crippen molar-refractivity contribution in [3.8, 4) is 5.69 Å². The van der Waals surface area contributed by atoms with E-state index in [0.29, 0.717) is 12.1 Å². The number of halogens is 1. The van der Waals surface area contributed by atoms with Gasteiger partial charge in [-0.15, -0.1) is 0 Å². The van der Waals surface area contributed by atoms with E-state index in [2.05, 4.69) is 4.98 Å². The normalized spacial score (nSPS) is 12.7. The lowest BCUT2D eigenvalue weighted by Gasteiger charge is -2.15. The van der Waals surface area contributed by atoms with Crippen molar-refractivity contribution in [3.63, 3.8) is 0 Å². The Kier molecular flexibility index (Phi) is 3.71. The van der Waals surface area contributed by atoms with Gasteiger partial charge in [-0.05, 0) is 36.6 Å². The van der Waals surface area contributed by atoms with E-state index in [1.165, 1.54) is 6.07 Å². The Morgan fingerprint density at radius 2 is 2.00 bits per heavy atom. The van der Waals surface area contributed by atoms with Crippen LogP contribution >= 0.6 is 0 Å². The number of fused-ring (bicyclic) bond motifs is 1. The highest BCUT2D eigenvalue weighted by Gasteiger charge is 2.15. The predicted octanol–water partition coefficient (Wildman–Crippen LogP) is 3.44. The van der Waals surface area contributed by atoms with Gasteiger partial charge >= 0.3 is 0 Å². The van der Waals surface area contributed by atoms with Gasteiger partial charge in [0.2, 0.25) is 0 Å².